The van der Waals surface area contributed by atoms with Crippen LogP contribution in [0.25, 0.3) is 11.0 Å². The standard InChI is InChI=1S/C24H34FN3O2.C8H7ClO3/c1-2-30-16-22-27-20-15-18(25)13-14-21(20)28(22)23(17-9-5-3-6-10-17)24(29)26-19-11-7-4-8-12-19;9-6-3-1-2-4-7(6)12-5-8(10)11/h13-15,17,19,23H,2-12,16H2,1H3,(H,26,29);1-4H,5H2,(H,10,11). The molecule has 10 heteroatoms. The van der Waals surface area contributed by atoms with Crippen molar-refractivity contribution in [1.82, 2.24) is 14.9 Å². The number of carbonyl (C=O) groups is 2. The molecule has 8 nitrogen and oxygen atoms in total. The molecule has 1 amide bonds. The summed E-state index contributed by atoms with van der Waals surface area (Å²) in [6.07, 6.45) is 11.4. The summed E-state index contributed by atoms with van der Waals surface area (Å²) in [6.45, 7) is 2.47. The summed E-state index contributed by atoms with van der Waals surface area (Å²) in [5.74, 6) is 0.139. The Morgan fingerprint density at radius 2 is 1.76 bits per heavy atom. The van der Waals surface area contributed by atoms with Gasteiger partial charge < -0.3 is 24.5 Å². The molecule has 2 saturated carbocycles. The number of carbonyl (C=O) groups excluding carboxylic acids is 1. The minimum Gasteiger partial charge on any atom is -0.480 e. The Bertz CT molecular complexity index is 1320. The first kappa shape index (κ1) is 31.8. The molecule has 1 heterocycles. The molecule has 1 atom stereocenters. The number of nitrogens with one attached hydrogen (secondary N) is 1. The van der Waals surface area contributed by atoms with Crippen LogP contribution < -0.4 is 10.1 Å². The number of aromatic nitrogens is 2. The van der Waals surface area contributed by atoms with E-state index in [0.717, 1.165) is 44.0 Å². The number of benzene rings is 2. The van der Waals surface area contributed by atoms with E-state index in [1.807, 2.05) is 6.92 Å². The van der Waals surface area contributed by atoms with Crippen molar-refractivity contribution in [2.24, 2.45) is 5.92 Å². The summed E-state index contributed by atoms with van der Waals surface area (Å²) in [7, 11) is 0. The number of amides is 1. The molecule has 3 aromatic rings. The van der Waals surface area contributed by atoms with Gasteiger partial charge in [0.05, 0.1) is 16.1 Å². The number of fused-ring (bicyclic) bond motifs is 1. The molecule has 5 rings (SSSR count). The van der Waals surface area contributed by atoms with Crippen LogP contribution in [0.15, 0.2) is 42.5 Å². The number of ether oxygens (including phenoxy) is 2. The van der Waals surface area contributed by atoms with Crippen molar-refractivity contribution in [3.63, 3.8) is 0 Å². The van der Waals surface area contributed by atoms with Crippen LogP contribution in [0.4, 0.5) is 4.39 Å². The highest BCUT2D eigenvalue weighted by molar-refractivity contribution is 6.32. The highest BCUT2D eigenvalue weighted by Gasteiger charge is 2.35. The molecule has 42 heavy (non-hydrogen) atoms. The molecule has 2 aliphatic rings. The fourth-order valence-corrected chi connectivity index (χ4v) is 6.14. The highest BCUT2D eigenvalue weighted by atomic mass is 35.5. The predicted octanol–water partition coefficient (Wildman–Crippen LogP) is 7.09. The first-order valence-corrected chi connectivity index (χ1v) is 15.4. The van der Waals surface area contributed by atoms with Gasteiger partial charge in [-0.15, -0.1) is 0 Å². The van der Waals surface area contributed by atoms with Crippen LogP contribution in [-0.2, 0) is 20.9 Å². The van der Waals surface area contributed by atoms with E-state index in [0.29, 0.717) is 35.3 Å². The van der Waals surface area contributed by atoms with Gasteiger partial charge in [-0.1, -0.05) is 62.3 Å². The number of hydrogen-bond acceptors (Lipinski definition) is 5. The Kier molecular flexibility index (Phi) is 12.0. The van der Waals surface area contributed by atoms with E-state index in [4.69, 9.17) is 26.2 Å². The smallest absolute Gasteiger partial charge is 0.341 e. The van der Waals surface area contributed by atoms with Crippen molar-refractivity contribution < 1.29 is 28.6 Å². The average Bonchev–Trinajstić information content (AvgIpc) is 3.34. The maximum absolute atomic E-state index is 13.9. The number of carboxylic acid groups (broad SMARTS) is 1. The zero-order chi connectivity index (χ0) is 29.9. The number of nitrogens with zero attached hydrogens (tertiary/aromatic N) is 2. The number of hydrogen-bond donors (Lipinski definition) is 2. The van der Waals surface area contributed by atoms with Gasteiger partial charge in [-0.05, 0) is 62.8 Å². The first-order valence-electron chi connectivity index (χ1n) is 15.0. The Morgan fingerprint density at radius 1 is 1.07 bits per heavy atom. The van der Waals surface area contributed by atoms with E-state index in [1.165, 1.54) is 37.8 Å². The fourth-order valence-electron chi connectivity index (χ4n) is 5.95. The van der Waals surface area contributed by atoms with Gasteiger partial charge in [-0.25, -0.2) is 14.2 Å². The quantitative estimate of drug-likeness (QED) is 0.257. The molecule has 0 aliphatic heterocycles. The summed E-state index contributed by atoms with van der Waals surface area (Å²) in [4.78, 5) is 28.5. The van der Waals surface area contributed by atoms with Crippen molar-refractivity contribution >= 4 is 34.5 Å². The third kappa shape index (κ3) is 8.67. The van der Waals surface area contributed by atoms with Crippen molar-refractivity contribution in [3.8, 4) is 5.75 Å². The second-order valence-corrected chi connectivity index (χ2v) is 11.4. The Labute approximate surface area is 251 Å². The van der Waals surface area contributed by atoms with E-state index < -0.39 is 5.97 Å². The summed E-state index contributed by atoms with van der Waals surface area (Å²) in [6, 6.07) is 11.3. The lowest BCUT2D eigenvalue weighted by Gasteiger charge is -2.33. The van der Waals surface area contributed by atoms with Crippen LogP contribution in [-0.4, -0.2) is 45.8 Å². The zero-order valence-electron chi connectivity index (χ0n) is 24.2. The van der Waals surface area contributed by atoms with Crippen LogP contribution in [0.1, 0.15) is 83.0 Å². The molecule has 2 fully saturated rings. The summed E-state index contributed by atoms with van der Waals surface area (Å²) in [5.41, 5.74) is 1.41. The minimum absolute atomic E-state index is 0.0928. The second-order valence-electron chi connectivity index (χ2n) is 11.0. The average molecular weight is 602 g/mol. The van der Waals surface area contributed by atoms with Gasteiger partial charge in [-0.2, -0.15) is 0 Å². The molecule has 1 unspecified atom stereocenters. The molecular weight excluding hydrogens is 561 g/mol. The molecule has 2 aliphatic carbocycles. The number of para-hydroxylation sites is 1. The van der Waals surface area contributed by atoms with E-state index in [1.54, 1.807) is 30.3 Å². The third-order valence-corrected chi connectivity index (χ3v) is 8.25. The van der Waals surface area contributed by atoms with Crippen LogP contribution in [0, 0.1) is 11.7 Å². The monoisotopic (exact) mass is 601 g/mol. The number of imidazole rings is 1. The Hall–Kier alpha value is -3.17. The van der Waals surface area contributed by atoms with Gasteiger partial charge in [0, 0.05) is 18.7 Å². The second kappa shape index (κ2) is 15.9. The van der Waals surface area contributed by atoms with Crippen molar-refractivity contribution in [3.05, 3.63) is 59.1 Å². The normalized spacial score (nSPS) is 16.8. The lowest BCUT2D eigenvalue weighted by atomic mass is 9.83. The fraction of sp³-hybridized carbons (Fsp3) is 0.531. The SMILES string of the molecule is CCOCc1nc2cc(F)ccc2n1C(C(=O)NC1CCCCC1)C1CCCCC1.O=C(O)COc1ccccc1Cl. The maximum Gasteiger partial charge on any atom is 0.341 e. The molecule has 0 bridgehead atoms. The molecule has 2 aromatic carbocycles. The summed E-state index contributed by atoms with van der Waals surface area (Å²) >= 11 is 5.69. The lowest BCUT2D eigenvalue weighted by molar-refractivity contribution is -0.139. The number of rotatable bonds is 10. The Balaban J connectivity index is 0.000000283. The van der Waals surface area contributed by atoms with Crippen molar-refractivity contribution in [2.75, 3.05) is 13.2 Å². The van der Waals surface area contributed by atoms with E-state index in [9.17, 15) is 14.0 Å². The number of aliphatic carboxylic acids is 1. The van der Waals surface area contributed by atoms with Gasteiger partial charge in [0.25, 0.3) is 0 Å². The van der Waals surface area contributed by atoms with Crippen LogP contribution in [0.2, 0.25) is 5.02 Å². The number of halogens is 2. The van der Waals surface area contributed by atoms with Gasteiger partial charge in [0.1, 0.15) is 30.0 Å². The third-order valence-electron chi connectivity index (χ3n) is 7.94. The van der Waals surface area contributed by atoms with E-state index >= 15 is 0 Å². The highest BCUT2D eigenvalue weighted by Crippen LogP contribution is 2.37. The van der Waals surface area contributed by atoms with Crippen molar-refractivity contribution in [2.45, 2.75) is 89.8 Å². The molecule has 2 N–H and O–H groups in total. The molecule has 228 valence electrons. The topological polar surface area (TPSA) is 103 Å². The minimum atomic E-state index is -1.02. The molecule has 0 radical (unpaired) electrons. The van der Waals surface area contributed by atoms with E-state index in [2.05, 4.69) is 14.9 Å². The van der Waals surface area contributed by atoms with Crippen LogP contribution in [0.3, 0.4) is 0 Å². The molecule has 0 spiro atoms. The maximum atomic E-state index is 13.9. The van der Waals surface area contributed by atoms with Crippen LogP contribution in [0.5, 0.6) is 5.75 Å². The molecule has 0 saturated heterocycles. The van der Waals surface area contributed by atoms with Gasteiger partial charge in [-0.3, -0.25) is 4.79 Å². The van der Waals surface area contributed by atoms with Crippen LogP contribution >= 0.6 is 11.6 Å². The molecular formula is C32H41ClFN3O5. The first-order chi connectivity index (χ1) is 20.4. The van der Waals surface area contributed by atoms with Gasteiger partial charge in [0.15, 0.2) is 6.61 Å². The van der Waals surface area contributed by atoms with E-state index in [-0.39, 0.29) is 36.3 Å². The van der Waals surface area contributed by atoms with Gasteiger partial charge in [0.2, 0.25) is 5.91 Å². The van der Waals surface area contributed by atoms with Gasteiger partial charge >= 0.3 is 5.97 Å². The lowest BCUT2D eigenvalue weighted by Crippen LogP contribution is -2.43. The largest absolute Gasteiger partial charge is 0.480 e. The van der Waals surface area contributed by atoms with Crippen molar-refractivity contribution in [1.29, 1.82) is 0 Å². The zero-order valence-corrected chi connectivity index (χ0v) is 25.0. The summed E-state index contributed by atoms with van der Waals surface area (Å²) < 4.78 is 26.5. The number of carboxylic acids is 1. The predicted molar refractivity (Wildman–Crippen MR) is 160 cm³/mol. The summed E-state index contributed by atoms with van der Waals surface area (Å²) in [5, 5.41) is 12.1. The molecule has 1 aromatic heterocycles. The Morgan fingerprint density at radius 3 is 2.43 bits per heavy atom.